The summed E-state index contributed by atoms with van der Waals surface area (Å²) in [6.07, 6.45) is 1.62. The molecule has 0 radical (unpaired) electrons. The summed E-state index contributed by atoms with van der Waals surface area (Å²) in [5.74, 6) is -0.207. The highest BCUT2D eigenvalue weighted by molar-refractivity contribution is 9.10. The summed E-state index contributed by atoms with van der Waals surface area (Å²) >= 11 is 3.23. The number of H-pyrrole nitrogens is 1. The van der Waals surface area contributed by atoms with Gasteiger partial charge in [0.05, 0.1) is 7.11 Å². The summed E-state index contributed by atoms with van der Waals surface area (Å²) < 4.78 is 11.5. The van der Waals surface area contributed by atoms with Gasteiger partial charge in [-0.15, -0.1) is 0 Å². The third kappa shape index (κ3) is 3.00. The van der Waals surface area contributed by atoms with E-state index in [1.54, 1.807) is 44.5 Å². The molecule has 3 rings (SSSR count). The second-order valence-electron chi connectivity index (χ2n) is 5.06. The molecule has 0 aliphatic rings. The number of benzene rings is 1. The molecule has 3 N–H and O–H groups in total. The Balaban J connectivity index is 1.76. The second kappa shape index (κ2) is 6.40. The summed E-state index contributed by atoms with van der Waals surface area (Å²) in [6, 6.07) is 6.87. The molecule has 8 heteroatoms. The van der Waals surface area contributed by atoms with Gasteiger partial charge in [-0.25, -0.2) is 0 Å². The van der Waals surface area contributed by atoms with E-state index in [0.717, 1.165) is 9.86 Å². The van der Waals surface area contributed by atoms with Crippen LogP contribution in [-0.2, 0) is 0 Å². The number of rotatable bonds is 3. The van der Waals surface area contributed by atoms with Crippen molar-refractivity contribution in [3.63, 3.8) is 0 Å². The van der Waals surface area contributed by atoms with E-state index in [9.17, 15) is 9.59 Å². The van der Waals surface area contributed by atoms with Gasteiger partial charge in [-0.3, -0.25) is 20.4 Å². The lowest BCUT2D eigenvalue weighted by atomic mass is 10.1. The first-order chi connectivity index (χ1) is 11.5. The Bertz CT molecular complexity index is 929. The minimum atomic E-state index is -0.540. The fraction of sp³-hybridized carbons (Fsp3) is 0.125. The monoisotopic (exact) mass is 391 g/mol. The van der Waals surface area contributed by atoms with E-state index in [-0.39, 0.29) is 5.76 Å². The lowest BCUT2D eigenvalue weighted by Gasteiger charge is -2.05. The molecule has 124 valence electrons. The van der Waals surface area contributed by atoms with Crippen molar-refractivity contribution in [2.24, 2.45) is 0 Å². The largest absolute Gasteiger partial charge is 0.497 e. The molecule has 24 heavy (non-hydrogen) atoms. The Morgan fingerprint density at radius 1 is 1.21 bits per heavy atom. The molecule has 1 aromatic carbocycles. The Labute approximate surface area is 145 Å². The number of methoxy groups -OCH3 is 1. The van der Waals surface area contributed by atoms with E-state index in [1.807, 2.05) is 0 Å². The number of aryl methyl sites for hydroxylation is 1. The number of nitrogens with one attached hydrogen (secondary N) is 3. The zero-order valence-corrected chi connectivity index (χ0v) is 14.5. The van der Waals surface area contributed by atoms with Crippen LogP contribution in [0.25, 0.3) is 11.0 Å². The molecular formula is C16H14BrN3O4. The summed E-state index contributed by atoms with van der Waals surface area (Å²) in [7, 11) is 1.57. The number of ether oxygens (including phenoxy) is 1. The van der Waals surface area contributed by atoms with Crippen LogP contribution in [0, 0.1) is 6.92 Å². The summed E-state index contributed by atoms with van der Waals surface area (Å²) in [4.78, 5) is 26.9. The van der Waals surface area contributed by atoms with E-state index in [1.165, 1.54) is 0 Å². The number of hydrogen-bond acceptors (Lipinski definition) is 4. The number of furan rings is 1. The number of carbonyl (C=O) groups is 2. The molecule has 0 spiro atoms. The molecule has 0 aliphatic heterocycles. The lowest BCUT2D eigenvalue weighted by Crippen LogP contribution is -2.41. The third-order valence-electron chi connectivity index (χ3n) is 3.53. The molecule has 0 atom stereocenters. The van der Waals surface area contributed by atoms with Crippen LogP contribution in [0.5, 0.6) is 5.75 Å². The maximum absolute atomic E-state index is 12.3. The van der Waals surface area contributed by atoms with Gasteiger partial charge in [0.1, 0.15) is 17.0 Å². The number of carbonyl (C=O) groups excluding carboxylic acids is 2. The van der Waals surface area contributed by atoms with Crippen molar-refractivity contribution in [3.8, 4) is 5.75 Å². The van der Waals surface area contributed by atoms with Crippen LogP contribution in [0.3, 0.4) is 0 Å². The molecule has 0 saturated carbocycles. The van der Waals surface area contributed by atoms with Crippen LogP contribution in [0.15, 0.2) is 39.4 Å². The second-order valence-corrected chi connectivity index (χ2v) is 5.97. The predicted molar refractivity (Wildman–Crippen MR) is 90.9 cm³/mol. The highest BCUT2D eigenvalue weighted by Crippen LogP contribution is 2.28. The topological polar surface area (TPSA) is 96.4 Å². The van der Waals surface area contributed by atoms with Gasteiger partial charge in [-0.1, -0.05) is 0 Å². The van der Waals surface area contributed by atoms with Crippen LogP contribution in [0.1, 0.15) is 26.6 Å². The zero-order valence-electron chi connectivity index (χ0n) is 12.9. The van der Waals surface area contributed by atoms with Crippen LogP contribution in [0.4, 0.5) is 0 Å². The Kier molecular flexibility index (Phi) is 4.30. The first kappa shape index (κ1) is 16.1. The van der Waals surface area contributed by atoms with Crippen molar-refractivity contribution in [1.29, 1.82) is 0 Å². The van der Waals surface area contributed by atoms with Crippen molar-refractivity contribution >= 4 is 38.7 Å². The molecule has 2 aromatic heterocycles. The Morgan fingerprint density at radius 3 is 2.62 bits per heavy atom. The minimum absolute atomic E-state index is 0.131. The highest BCUT2D eigenvalue weighted by atomic mass is 79.9. The molecule has 0 unspecified atom stereocenters. The van der Waals surface area contributed by atoms with Crippen molar-refractivity contribution < 1.29 is 18.7 Å². The molecule has 0 bridgehead atoms. The number of fused-ring (bicyclic) bond motifs is 1. The van der Waals surface area contributed by atoms with E-state index in [0.29, 0.717) is 22.6 Å². The first-order valence-corrected chi connectivity index (χ1v) is 7.80. The molecule has 0 fully saturated rings. The minimum Gasteiger partial charge on any atom is -0.497 e. The van der Waals surface area contributed by atoms with Gasteiger partial charge in [0, 0.05) is 21.6 Å². The molecule has 2 heterocycles. The SMILES string of the molecule is COc1ccc2oc(C(=O)NNC(=O)c3cc(Br)c[nH]3)c(C)c2c1. The van der Waals surface area contributed by atoms with Gasteiger partial charge in [0.25, 0.3) is 5.91 Å². The maximum atomic E-state index is 12.3. The van der Waals surface area contributed by atoms with Crippen molar-refractivity contribution in [3.05, 3.63) is 52.0 Å². The summed E-state index contributed by atoms with van der Waals surface area (Å²) in [5, 5.41) is 0.777. The number of aromatic amines is 1. The van der Waals surface area contributed by atoms with Crippen molar-refractivity contribution in [2.75, 3.05) is 7.11 Å². The van der Waals surface area contributed by atoms with E-state index < -0.39 is 11.8 Å². The van der Waals surface area contributed by atoms with Gasteiger partial charge in [0.15, 0.2) is 5.76 Å². The van der Waals surface area contributed by atoms with Gasteiger partial charge in [0.2, 0.25) is 0 Å². The van der Waals surface area contributed by atoms with Gasteiger partial charge in [-0.2, -0.15) is 0 Å². The van der Waals surface area contributed by atoms with Crippen LogP contribution >= 0.6 is 15.9 Å². The summed E-state index contributed by atoms with van der Waals surface area (Å²) in [5.41, 5.74) is 6.21. The molecule has 0 aliphatic carbocycles. The number of hydrazine groups is 1. The molecule has 0 saturated heterocycles. The van der Waals surface area contributed by atoms with Crippen LogP contribution in [0.2, 0.25) is 0 Å². The summed E-state index contributed by atoms with van der Waals surface area (Å²) in [6.45, 7) is 1.77. The molecular weight excluding hydrogens is 378 g/mol. The Hall–Kier alpha value is -2.74. The van der Waals surface area contributed by atoms with Gasteiger partial charge >= 0.3 is 5.91 Å². The third-order valence-corrected chi connectivity index (χ3v) is 3.99. The number of amides is 2. The number of halogens is 1. The average Bonchev–Trinajstić information content (AvgIpc) is 3.16. The predicted octanol–water partition coefficient (Wildman–Crippen LogP) is 2.92. The number of hydrogen-bond donors (Lipinski definition) is 3. The smallest absolute Gasteiger partial charge is 0.305 e. The lowest BCUT2D eigenvalue weighted by molar-refractivity contribution is 0.0829. The van der Waals surface area contributed by atoms with E-state index in [4.69, 9.17) is 9.15 Å². The van der Waals surface area contributed by atoms with E-state index in [2.05, 4.69) is 31.8 Å². The standard InChI is InChI=1S/C16H14BrN3O4/c1-8-11-6-10(23-2)3-4-13(11)24-14(8)16(22)20-19-15(21)12-5-9(17)7-18-12/h3-7,18H,1-2H3,(H,19,21)(H,20,22). The van der Waals surface area contributed by atoms with Gasteiger partial charge in [-0.05, 0) is 47.1 Å². The molecule has 7 nitrogen and oxygen atoms in total. The molecule has 3 aromatic rings. The van der Waals surface area contributed by atoms with Crippen molar-refractivity contribution in [1.82, 2.24) is 15.8 Å². The van der Waals surface area contributed by atoms with Crippen molar-refractivity contribution in [2.45, 2.75) is 6.92 Å². The fourth-order valence-corrected chi connectivity index (χ4v) is 2.62. The van der Waals surface area contributed by atoms with E-state index >= 15 is 0 Å². The maximum Gasteiger partial charge on any atom is 0.305 e. The first-order valence-electron chi connectivity index (χ1n) is 7.01. The quantitative estimate of drug-likeness (QED) is 0.598. The van der Waals surface area contributed by atoms with Crippen LogP contribution < -0.4 is 15.6 Å². The molecule has 2 amide bonds. The Morgan fingerprint density at radius 2 is 1.96 bits per heavy atom. The zero-order chi connectivity index (χ0) is 17.3. The highest BCUT2D eigenvalue weighted by Gasteiger charge is 2.19. The number of aromatic nitrogens is 1. The normalized spacial score (nSPS) is 10.6. The fourth-order valence-electron chi connectivity index (χ4n) is 2.28. The average molecular weight is 392 g/mol. The van der Waals surface area contributed by atoms with Gasteiger partial charge < -0.3 is 14.1 Å². The van der Waals surface area contributed by atoms with Crippen LogP contribution in [-0.4, -0.2) is 23.9 Å².